The Labute approximate surface area is 116 Å². The van der Waals surface area contributed by atoms with Crippen LogP contribution in [0.15, 0.2) is 22.8 Å². The number of halogens is 1. The van der Waals surface area contributed by atoms with Crippen LogP contribution in [0.5, 0.6) is 0 Å². The zero-order valence-electron chi connectivity index (χ0n) is 10.9. The normalized spacial score (nSPS) is 13.2. The van der Waals surface area contributed by atoms with Crippen molar-refractivity contribution in [1.82, 2.24) is 10.3 Å². The summed E-state index contributed by atoms with van der Waals surface area (Å²) in [4.78, 5) is 15.8. The van der Waals surface area contributed by atoms with Crippen LogP contribution >= 0.6 is 15.9 Å². The summed E-state index contributed by atoms with van der Waals surface area (Å²) >= 11 is 3.21. The quantitative estimate of drug-likeness (QED) is 0.839. The maximum Gasteiger partial charge on any atom is 0.270 e. The molecule has 0 spiro atoms. The lowest BCUT2D eigenvalue weighted by Crippen LogP contribution is -2.34. The summed E-state index contributed by atoms with van der Waals surface area (Å²) in [6.07, 6.45) is 0.0974. The van der Waals surface area contributed by atoms with E-state index in [2.05, 4.69) is 26.2 Å². The molecule has 0 aliphatic carbocycles. The third-order valence-electron chi connectivity index (χ3n) is 2.29. The van der Waals surface area contributed by atoms with Gasteiger partial charge in [-0.1, -0.05) is 26.8 Å². The average Bonchev–Trinajstić information content (AvgIpc) is 2.23. The molecule has 1 rings (SSSR count). The van der Waals surface area contributed by atoms with Crippen molar-refractivity contribution in [1.29, 1.82) is 0 Å². The topological polar surface area (TPSA) is 62.2 Å². The van der Waals surface area contributed by atoms with Crippen LogP contribution in [-0.2, 0) is 0 Å². The number of aliphatic hydroxyl groups excluding tert-OH is 1. The summed E-state index contributed by atoms with van der Waals surface area (Å²) in [6, 6.07) is 5.14. The number of carbonyl (C=O) groups excluding carboxylic acids is 1. The highest BCUT2D eigenvalue weighted by atomic mass is 79.9. The molecule has 0 aliphatic heterocycles. The summed E-state index contributed by atoms with van der Waals surface area (Å²) in [5.74, 6) is -0.274. The molecule has 0 saturated heterocycles. The lowest BCUT2D eigenvalue weighted by atomic mass is 9.89. The fourth-order valence-corrected chi connectivity index (χ4v) is 1.96. The summed E-state index contributed by atoms with van der Waals surface area (Å²) in [5.41, 5.74) is 0.380. The molecular weight excluding hydrogens is 296 g/mol. The van der Waals surface area contributed by atoms with Crippen LogP contribution < -0.4 is 5.32 Å². The van der Waals surface area contributed by atoms with E-state index in [1.807, 2.05) is 20.8 Å². The van der Waals surface area contributed by atoms with Gasteiger partial charge in [0.15, 0.2) is 0 Å². The van der Waals surface area contributed by atoms with Crippen LogP contribution in [-0.4, -0.2) is 28.6 Å². The maximum absolute atomic E-state index is 11.8. The zero-order chi connectivity index (χ0) is 13.8. The number of hydrogen-bond acceptors (Lipinski definition) is 3. The lowest BCUT2D eigenvalue weighted by Gasteiger charge is -2.22. The van der Waals surface area contributed by atoms with Crippen LogP contribution in [0, 0.1) is 5.41 Å². The highest BCUT2D eigenvalue weighted by Gasteiger charge is 2.17. The Morgan fingerprint density at radius 3 is 2.72 bits per heavy atom. The molecule has 18 heavy (non-hydrogen) atoms. The van der Waals surface area contributed by atoms with Crippen molar-refractivity contribution in [3.8, 4) is 0 Å². The van der Waals surface area contributed by atoms with E-state index < -0.39 is 6.10 Å². The predicted molar refractivity (Wildman–Crippen MR) is 74.3 cm³/mol. The Balaban J connectivity index is 2.47. The van der Waals surface area contributed by atoms with Gasteiger partial charge in [-0.05, 0) is 39.9 Å². The molecule has 2 N–H and O–H groups in total. The molecule has 4 nitrogen and oxygen atoms in total. The molecule has 1 atom stereocenters. The molecule has 0 aromatic carbocycles. The summed E-state index contributed by atoms with van der Waals surface area (Å²) in [7, 11) is 0. The molecule has 1 unspecified atom stereocenters. The number of nitrogens with one attached hydrogen (secondary N) is 1. The first kappa shape index (κ1) is 15.1. The predicted octanol–water partition coefficient (Wildman–Crippen LogP) is 2.37. The molecular formula is C13H19BrN2O2. The minimum absolute atomic E-state index is 0.0399. The van der Waals surface area contributed by atoms with Crippen molar-refractivity contribution in [3.63, 3.8) is 0 Å². The van der Waals surface area contributed by atoms with E-state index in [0.717, 1.165) is 0 Å². The first-order valence-electron chi connectivity index (χ1n) is 5.87. The Hall–Kier alpha value is -0.940. The van der Waals surface area contributed by atoms with E-state index in [1.165, 1.54) is 0 Å². The highest BCUT2D eigenvalue weighted by molar-refractivity contribution is 9.10. The van der Waals surface area contributed by atoms with Gasteiger partial charge in [-0.3, -0.25) is 4.79 Å². The summed E-state index contributed by atoms with van der Waals surface area (Å²) in [6.45, 7) is 6.39. The molecule has 0 aliphatic rings. The number of rotatable bonds is 4. The second-order valence-electron chi connectivity index (χ2n) is 5.47. The fourth-order valence-electron chi connectivity index (χ4n) is 1.61. The minimum atomic E-state index is -0.541. The monoisotopic (exact) mass is 314 g/mol. The number of aromatic nitrogens is 1. The standard InChI is InChI=1S/C13H19BrN2O2/c1-13(2,3)7-9(17)8-15-12(18)10-5-4-6-11(14)16-10/h4-6,9,17H,7-8H2,1-3H3,(H,15,18). The first-order valence-corrected chi connectivity index (χ1v) is 6.66. The van der Waals surface area contributed by atoms with Gasteiger partial charge in [0.2, 0.25) is 0 Å². The van der Waals surface area contributed by atoms with Gasteiger partial charge in [0.1, 0.15) is 10.3 Å². The van der Waals surface area contributed by atoms with Gasteiger partial charge in [0.05, 0.1) is 6.10 Å². The van der Waals surface area contributed by atoms with Gasteiger partial charge in [0, 0.05) is 6.54 Å². The summed E-state index contributed by atoms with van der Waals surface area (Å²) < 4.78 is 0.616. The van der Waals surface area contributed by atoms with E-state index in [9.17, 15) is 9.90 Å². The molecule has 100 valence electrons. The van der Waals surface area contributed by atoms with Gasteiger partial charge in [-0.15, -0.1) is 0 Å². The van der Waals surface area contributed by atoms with Gasteiger partial charge in [-0.2, -0.15) is 0 Å². The molecule has 0 bridgehead atoms. The Bertz CT molecular complexity index is 416. The Kier molecular flexibility index (Phi) is 5.28. The number of amides is 1. The minimum Gasteiger partial charge on any atom is -0.391 e. The van der Waals surface area contributed by atoms with Gasteiger partial charge in [0.25, 0.3) is 5.91 Å². The van der Waals surface area contributed by atoms with E-state index >= 15 is 0 Å². The van der Waals surface area contributed by atoms with Crippen LogP contribution in [0.3, 0.4) is 0 Å². The summed E-state index contributed by atoms with van der Waals surface area (Å²) in [5, 5.41) is 12.5. The second-order valence-corrected chi connectivity index (χ2v) is 6.29. The maximum atomic E-state index is 11.8. The highest BCUT2D eigenvalue weighted by Crippen LogP contribution is 2.20. The van der Waals surface area contributed by atoms with Crippen molar-refractivity contribution in [2.45, 2.75) is 33.3 Å². The molecule has 5 heteroatoms. The van der Waals surface area contributed by atoms with Gasteiger partial charge < -0.3 is 10.4 Å². The van der Waals surface area contributed by atoms with Crippen molar-refractivity contribution in [2.75, 3.05) is 6.54 Å². The first-order chi connectivity index (χ1) is 8.28. The second kappa shape index (κ2) is 6.29. The van der Waals surface area contributed by atoms with Crippen LogP contribution in [0.2, 0.25) is 0 Å². The molecule has 1 aromatic heterocycles. The molecule has 0 radical (unpaired) electrons. The molecule has 1 amide bonds. The van der Waals surface area contributed by atoms with Crippen molar-refractivity contribution < 1.29 is 9.90 Å². The number of aliphatic hydroxyl groups is 1. The molecule has 0 saturated carbocycles. The Morgan fingerprint density at radius 1 is 1.50 bits per heavy atom. The number of carbonyl (C=O) groups is 1. The largest absolute Gasteiger partial charge is 0.391 e. The fraction of sp³-hybridized carbons (Fsp3) is 0.538. The average molecular weight is 315 g/mol. The third-order valence-corrected chi connectivity index (χ3v) is 2.74. The smallest absolute Gasteiger partial charge is 0.270 e. The lowest BCUT2D eigenvalue weighted by molar-refractivity contribution is 0.0864. The molecule has 1 heterocycles. The Morgan fingerprint density at radius 2 is 2.17 bits per heavy atom. The third kappa shape index (κ3) is 5.60. The van der Waals surface area contributed by atoms with E-state index in [-0.39, 0.29) is 17.9 Å². The number of hydrogen-bond donors (Lipinski definition) is 2. The van der Waals surface area contributed by atoms with Crippen LogP contribution in [0.25, 0.3) is 0 Å². The molecule has 1 aromatic rings. The van der Waals surface area contributed by atoms with Crippen molar-refractivity contribution in [3.05, 3.63) is 28.5 Å². The van der Waals surface area contributed by atoms with Crippen LogP contribution in [0.4, 0.5) is 0 Å². The van der Waals surface area contributed by atoms with Crippen LogP contribution in [0.1, 0.15) is 37.7 Å². The van der Waals surface area contributed by atoms with Crippen molar-refractivity contribution in [2.24, 2.45) is 5.41 Å². The number of pyridine rings is 1. The molecule has 0 fully saturated rings. The van der Waals surface area contributed by atoms with E-state index in [1.54, 1.807) is 18.2 Å². The van der Waals surface area contributed by atoms with Gasteiger partial charge in [-0.25, -0.2) is 4.98 Å². The van der Waals surface area contributed by atoms with E-state index in [0.29, 0.717) is 16.7 Å². The van der Waals surface area contributed by atoms with E-state index in [4.69, 9.17) is 0 Å². The van der Waals surface area contributed by atoms with Crippen molar-refractivity contribution >= 4 is 21.8 Å². The zero-order valence-corrected chi connectivity index (χ0v) is 12.5. The number of nitrogens with zero attached hydrogens (tertiary/aromatic N) is 1. The SMILES string of the molecule is CC(C)(C)CC(O)CNC(=O)c1cccc(Br)n1. The van der Waals surface area contributed by atoms with Gasteiger partial charge >= 0.3 is 0 Å².